The molecule has 0 aromatic heterocycles. The first-order valence-electron chi connectivity index (χ1n) is 6.55. The Bertz CT molecular complexity index is 621. The highest BCUT2D eigenvalue weighted by atomic mass is 16.5. The summed E-state index contributed by atoms with van der Waals surface area (Å²) >= 11 is 0. The fourth-order valence-corrected chi connectivity index (χ4v) is 1.77. The summed E-state index contributed by atoms with van der Waals surface area (Å²) in [6.45, 7) is 2.14. The minimum Gasteiger partial charge on any atom is -0.462 e. The fraction of sp³-hybridized carbons (Fsp3) is 0.111. The molecule has 0 unspecified atom stereocenters. The Kier molecular flexibility index (Phi) is 4.94. The van der Waals surface area contributed by atoms with E-state index in [-0.39, 0.29) is 5.97 Å². The largest absolute Gasteiger partial charge is 0.462 e. The summed E-state index contributed by atoms with van der Waals surface area (Å²) in [4.78, 5) is 12.0. The van der Waals surface area contributed by atoms with Gasteiger partial charge in [0.25, 0.3) is 0 Å². The summed E-state index contributed by atoms with van der Waals surface area (Å²) in [5.41, 5.74) is 5.29. The predicted molar refractivity (Wildman–Crippen MR) is 80.9 cm³/mol. The van der Waals surface area contributed by atoms with Gasteiger partial charge in [0.1, 0.15) is 5.57 Å². The third-order valence-corrected chi connectivity index (χ3v) is 2.72. The molecule has 0 N–H and O–H groups in total. The van der Waals surface area contributed by atoms with E-state index in [0.29, 0.717) is 12.2 Å². The Labute approximate surface area is 119 Å². The lowest BCUT2D eigenvalue weighted by Crippen LogP contribution is -2.06. The van der Waals surface area contributed by atoms with Crippen molar-refractivity contribution >= 4 is 17.6 Å². The van der Waals surface area contributed by atoms with Crippen LogP contribution in [0.4, 0.5) is 0 Å². The molecule has 0 atom stereocenters. The van der Waals surface area contributed by atoms with Gasteiger partial charge in [-0.05, 0) is 24.1 Å². The highest BCUT2D eigenvalue weighted by Crippen LogP contribution is 2.15. The summed E-state index contributed by atoms with van der Waals surface area (Å²) in [5.74, 6) is -0.356. The first-order chi connectivity index (χ1) is 9.81. The number of benzene rings is 2. The summed E-state index contributed by atoms with van der Waals surface area (Å²) in [7, 11) is 0. The van der Waals surface area contributed by atoms with Crippen LogP contribution in [0.3, 0.4) is 0 Å². The summed E-state index contributed by atoms with van der Waals surface area (Å²) in [5, 5.41) is 0. The van der Waals surface area contributed by atoms with Crippen LogP contribution in [0.15, 0.2) is 66.4 Å². The van der Waals surface area contributed by atoms with Gasteiger partial charge < -0.3 is 4.74 Å². The topological polar surface area (TPSA) is 26.3 Å². The van der Waals surface area contributed by atoms with Gasteiger partial charge in [0.15, 0.2) is 0 Å². The molecule has 0 saturated carbocycles. The average molecular weight is 264 g/mol. The van der Waals surface area contributed by atoms with E-state index >= 15 is 0 Å². The molecule has 0 aliphatic carbocycles. The maximum atomic E-state index is 12.0. The van der Waals surface area contributed by atoms with E-state index in [2.05, 4.69) is 5.73 Å². The summed E-state index contributed by atoms with van der Waals surface area (Å²) in [6, 6.07) is 19.2. The van der Waals surface area contributed by atoms with E-state index in [1.54, 1.807) is 13.0 Å². The Balaban J connectivity index is 2.42. The van der Waals surface area contributed by atoms with Crippen molar-refractivity contribution in [1.82, 2.24) is 0 Å². The number of carbonyl (C=O) groups is 1. The van der Waals surface area contributed by atoms with Crippen LogP contribution in [0.2, 0.25) is 0 Å². The fourth-order valence-electron chi connectivity index (χ4n) is 1.77. The third kappa shape index (κ3) is 3.71. The van der Waals surface area contributed by atoms with E-state index < -0.39 is 0 Å². The van der Waals surface area contributed by atoms with Gasteiger partial charge in [-0.1, -0.05) is 60.7 Å². The smallest absolute Gasteiger partial charge is 0.346 e. The van der Waals surface area contributed by atoms with Gasteiger partial charge in [-0.25, -0.2) is 4.79 Å². The highest BCUT2D eigenvalue weighted by molar-refractivity contribution is 6.16. The Hall–Kier alpha value is -2.57. The van der Waals surface area contributed by atoms with Gasteiger partial charge >= 0.3 is 5.97 Å². The van der Waals surface area contributed by atoms with E-state index in [0.717, 1.165) is 11.1 Å². The zero-order valence-electron chi connectivity index (χ0n) is 11.4. The van der Waals surface area contributed by atoms with Gasteiger partial charge in [0.05, 0.1) is 6.61 Å². The van der Waals surface area contributed by atoms with Crippen molar-refractivity contribution < 1.29 is 9.53 Å². The van der Waals surface area contributed by atoms with E-state index in [9.17, 15) is 4.79 Å². The molecule has 2 rings (SSSR count). The molecule has 0 bridgehead atoms. The van der Waals surface area contributed by atoms with E-state index in [4.69, 9.17) is 4.74 Å². The van der Waals surface area contributed by atoms with Crippen LogP contribution in [0, 0.1) is 0 Å². The van der Waals surface area contributed by atoms with Gasteiger partial charge in [0.2, 0.25) is 0 Å². The Morgan fingerprint density at radius 2 is 1.65 bits per heavy atom. The van der Waals surface area contributed by atoms with Crippen molar-refractivity contribution in [3.05, 3.63) is 77.5 Å². The maximum Gasteiger partial charge on any atom is 0.346 e. The number of hydrogen-bond donors (Lipinski definition) is 0. The predicted octanol–water partition coefficient (Wildman–Crippen LogP) is 3.95. The zero-order valence-corrected chi connectivity index (χ0v) is 11.4. The summed E-state index contributed by atoms with van der Waals surface area (Å²) in [6.07, 6.45) is 1.79. The number of carbonyl (C=O) groups excluding carboxylic acids is 1. The molecular weight excluding hydrogens is 248 g/mol. The normalized spacial score (nSPS) is 9.45. The molecule has 0 saturated heterocycles. The molecule has 0 radical (unpaired) electrons. The minimum atomic E-state index is -0.356. The van der Waals surface area contributed by atoms with Crippen LogP contribution in [0.5, 0.6) is 0 Å². The van der Waals surface area contributed by atoms with Crippen LogP contribution < -0.4 is 0 Å². The first kappa shape index (κ1) is 13.9. The van der Waals surface area contributed by atoms with Gasteiger partial charge in [-0.2, -0.15) is 0 Å². The van der Waals surface area contributed by atoms with Crippen LogP contribution in [0.1, 0.15) is 18.1 Å². The third-order valence-electron chi connectivity index (χ3n) is 2.72. The van der Waals surface area contributed by atoms with Crippen molar-refractivity contribution in [2.45, 2.75) is 6.92 Å². The Morgan fingerprint density at radius 3 is 2.25 bits per heavy atom. The Morgan fingerprint density at radius 1 is 1.05 bits per heavy atom. The van der Waals surface area contributed by atoms with Gasteiger partial charge in [-0.15, -0.1) is 5.73 Å². The average Bonchev–Trinajstić information content (AvgIpc) is 2.50. The maximum absolute atomic E-state index is 12.0. The highest BCUT2D eigenvalue weighted by Gasteiger charge is 2.11. The SMILES string of the molecule is CCOC(=O)C(=C=Cc1ccccc1)c1ccccc1. The lowest BCUT2D eigenvalue weighted by molar-refractivity contribution is -0.136. The second kappa shape index (κ2) is 7.13. The molecule has 2 aromatic carbocycles. The van der Waals surface area contributed by atoms with Crippen molar-refractivity contribution in [1.29, 1.82) is 0 Å². The van der Waals surface area contributed by atoms with E-state index in [1.165, 1.54) is 0 Å². The molecule has 0 heterocycles. The van der Waals surface area contributed by atoms with Gasteiger partial charge in [-0.3, -0.25) is 0 Å². The van der Waals surface area contributed by atoms with E-state index in [1.807, 2.05) is 60.7 Å². The number of esters is 1. The second-order valence-corrected chi connectivity index (χ2v) is 4.16. The molecule has 2 aromatic rings. The monoisotopic (exact) mass is 264 g/mol. The van der Waals surface area contributed by atoms with Crippen molar-refractivity contribution in [3.8, 4) is 0 Å². The molecule has 2 nitrogen and oxygen atoms in total. The number of hydrogen-bond acceptors (Lipinski definition) is 2. The molecule has 0 amide bonds. The molecule has 0 aliphatic heterocycles. The molecular formula is C18H16O2. The molecule has 100 valence electrons. The number of rotatable bonds is 4. The van der Waals surface area contributed by atoms with Crippen molar-refractivity contribution in [2.24, 2.45) is 0 Å². The molecule has 2 heteroatoms. The zero-order chi connectivity index (χ0) is 14.2. The van der Waals surface area contributed by atoms with Crippen LogP contribution >= 0.6 is 0 Å². The van der Waals surface area contributed by atoms with Crippen LogP contribution in [0.25, 0.3) is 11.6 Å². The lowest BCUT2D eigenvalue weighted by Gasteiger charge is -2.04. The molecule has 0 aliphatic rings. The van der Waals surface area contributed by atoms with Crippen LogP contribution in [-0.2, 0) is 9.53 Å². The number of ether oxygens (including phenoxy) is 1. The quantitative estimate of drug-likeness (QED) is 0.475. The first-order valence-corrected chi connectivity index (χ1v) is 6.55. The van der Waals surface area contributed by atoms with Crippen molar-refractivity contribution in [3.63, 3.8) is 0 Å². The van der Waals surface area contributed by atoms with Crippen LogP contribution in [-0.4, -0.2) is 12.6 Å². The standard InChI is InChI=1S/C18H16O2/c1-2-20-18(19)17(16-11-7-4-8-12-16)14-13-15-9-5-3-6-10-15/h3-13H,2H2,1H3. The second-order valence-electron chi connectivity index (χ2n) is 4.16. The summed E-state index contributed by atoms with van der Waals surface area (Å²) < 4.78 is 5.09. The minimum absolute atomic E-state index is 0.349. The van der Waals surface area contributed by atoms with Gasteiger partial charge in [0, 0.05) is 0 Å². The van der Waals surface area contributed by atoms with Crippen molar-refractivity contribution in [2.75, 3.05) is 6.61 Å². The lowest BCUT2D eigenvalue weighted by atomic mass is 10.1. The molecule has 0 fully saturated rings. The molecule has 0 spiro atoms. The molecule has 20 heavy (non-hydrogen) atoms.